The maximum Gasteiger partial charge on any atom is 0.268 e. The molecule has 0 radical (unpaired) electrons. The van der Waals surface area contributed by atoms with Gasteiger partial charge in [0.05, 0.1) is 7.11 Å². The molecule has 1 amide bonds. The first-order valence-corrected chi connectivity index (χ1v) is 8.00. The predicted molar refractivity (Wildman–Crippen MR) is 93.5 cm³/mol. The highest BCUT2D eigenvalue weighted by molar-refractivity contribution is 6.02. The molecule has 0 bridgehead atoms. The quantitative estimate of drug-likeness (QED) is 0.926. The maximum absolute atomic E-state index is 12.9. The van der Waals surface area contributed by atoms with Crippen molar-refractivity contribution in [2.45, 2.75) is 26.7 Å². The normalized spacial score (nSPS) is 15.6. The summed E-state index contributed by atoms with van der Waals surface area (Å²) in [5, 5.41) is 0. The van der Waals surface area contributed by atoms with Gasteiger partial charge >= 0.3 is 0 Å². The number of primary amides is 1. The van der Waals surface area contributed by atoms with Gasteiger partial charge in [-0.3, -0.25) is 19.0 Å². The van der Waals surface area contributed by atoms with Crippen molar-refractivity contribution in [1.29, 1.82) is 0 Å². The molecule has 3 rings (SSSR count). The maximum atomic E-state index is 12.9. The van der Waals surface area contributed by atoms with Gasteiger partial charge in [-0.15, -0.1) is 0 Å². The van der Waals surface area contributed by atoms with Crippen molar-refractivity contribution in [2.75, 3.05) is 7.11 Å². The molecule has 0 aliphatic heterocycles. The number of Topliss-reactive ketones (excluding diaryl/α,β-unsaturated/α-hetero) is 1. The Balaban J connectivity index is 2.33. The molecule has 0 fully saturated rings. The number of benzene rings is 1. The zero-order valence-corrected chi connectivity index (χ0v) is 14.5. The van der Waals surface area contributed by atoms with Crippen molar-refractivity contribution in [3.05, 3.63) is 57.5 Å². The molecule has 6 nitrogen and oxygen atoms in total. The van der Waals surface area contributed by atoms with E-state index in [1.807, 2.05) is 13.8 Å². The van der Waals surface area contributed by atoms with Crippen molar-refractivity contribution in [1.82, 2.24) is 4.57 Å². The highest BCUT2D eigenvalue weighted by atomic mass is 16.5. The number of amides is 1. The third kappa shape index (κ3) is 2.95. The van der Waals surface area contributed by atoms with E-state index in [-0.39, 0.29) is 16.8 Å². The van der Waals surface area contributed by atoms with Gasteiger partial charge in [-0.05, 0) is 42.2 Å². The molecule has 1 aliphatic carbocycles. The SMILES string of the molecule is COc1ccc(-n2c3c(cc(C(N)=O)c2=O)C(=O)CC(C)(C)C3)cc1. The van der Waals surface area contributed by atoms with E-state index in [1.54, 1.807) is 31.4 Å². The van der Waals surface area contributed by atoms with Gasteiger partial charge in [-0.2, -0.15) is 0 Å². The van der Waals surface area contributed by atoms with Crippen LogP contribution >= 0.6 is 0 Å². The Hall–Kier alpha value is -2.89. The fourth-order valence-electron chi connectivity index (χ4n) is 3.30. The molecule has 1 aromatic heterocycles. The largest absolute Gasteiger partial charge is 0.497 e. The Kier molecular flexibility index (Phi) is 3.99. The molecule has 0 atom stereocenters. The summed E-state index contributed by atoms with van der Waals surface area (Å²) in [6, 6.07) is 8.23. The lowest BCUT2D eigenvalue weighted by Crippen LogP contribution is -2.37. The predicted octanol–water partition coefficient (Wildman–Crippen LogP) is 2.10. The molecular formula is C19H20N2O4. The third-order valence-corrected chi connectivity index (χ3v) is 4.48. The van der Waals surface area contributed by atoms with E-state index in [4.69, 9.17) is 10.5 Å². The van der Waals surface area contributed by atoms with Crippen LogP contribution in [-0.2, 0) is 6.42 Å². The van der Waals surface area contributed by atoms with Crippen molar-refractivity contribution >= 4 is 11.7 Å². The number of ether oxygens (including phenoxy) is 1. The fourth-order valence-corrected chi connectivity index (χ4v) is 3.30. The van der Waals surface area contributed by atoms with E-state index >= 15 is 0 Å². The standard InChI is InChI=1S/C19H20N2O4/c1-19(2)9-15-13(16(22)10-19)8-14(17(20)23)18(24)21(15)11-4-6-12(25-3)7-5-11/h4-8H,9-10H2,1-3H3,(H2,20,23). The van der Waals surface area contributed by atoms with Gasteiger partial charge in [0.1, 0.15) is 11.3 Å². The second kappa shape index (κ2) is 5.88. The van der Waals surface area contributed by atoms with E-state index in [0.29, 0.717) is 35.5 Å². The van der Waals surface area contributed by atoms with Gasteiger partial charge in [0.25, 0.3) is 11.5 Å². The van der Waals surface area contributed by atoms with Crippen LogP contribution in [0.15, 0.2) is 35.1 Å². The highest BCUT2D eigenvalue weighted by Crippen LogP contribution is 2.35. The molecule has 1 aliphatic rings. The van der Waals surface area contributed by atoms with Crippen LogP contribution in [0.2, 0.25) is 0 Å². The number of ketones is 1. The number of hydrogen-bond acceptors (Lipinski definition) is 4. The van der Waals surface area contributed by atoms with Crippen LogP contribution in [0.4, 0.5) is 0 Å². The number of hydrogen-bond donors (Lipinski definition) is 1. The first-order valence-electron chi connectivity index (χ1n) is 8.00. The molecular weight excluding hydrogens is 320 g/mol. The van der Waals surface area contributed by atoms with E-state index in [0.717, 1.165) is 0 Å². The number of nitrogens with zero attached hydrogens (tertiary/aromatic N) is 1. The molecule has 0 saturated heterocycles. The molecule has 0 spiro atoms. The number of fused-ring (bicyclic) bond motifs is 1. The molecule has 6 heteroatoms. The van der Waals surface area contributed by atoms with Crippen molar-refractivity contribution in [2.24, 2.45) is 11.1 Å². The van der Waals surface area contributed by atoms with Crippen LogP contribution in [0.25, 0.3) is 5.69 Å². The van der Waals surface area contributed by atoms with Crippen LogP contribution < -0.4 is 16.0 Å². The summed E-state index contributed by atoms with van der Waals surface area (Å²) >= 11 is 0. The van der Waals surface area contributed by atoms with E-state index in [9.17, 15) is 14.4 Å². The summed E-state index contributed by atoms with van der Waals surface area (Å²) in [5.74, 6) is -0.281. The zero-order chi connectivity index (χ0) is 18.4. The second-order valence-electron chi connectivity index (χ2n) is 7.06. The van der Waals surface area contributed by atoms with Crippen molar-refractivity contribution in [3.63, 3.8) is 0 Å². The van der Waals surface area contributed by atoms with Gasteiger partial charge < -0.3 is 10.5 Å². The van der Waals surface area contributed by atoms with Gasteiger partial charge in [0, 0.05) is 23.4 Å². The van der Waals surface area contributed by atoms with Gasteiger partial charge in [0.15, 0.2) is 5.78 Å². The molecule has 2 N–H and O–H groups in total. The summed E-state index contributed by atoms with van der Waals surface area (Å²) in [6.45, 7) is 3.97. The summed E-state index contributed by atoms with van der Waals surface area (Å²) in [6.07, 6.45) is 0.910. The second-order valence-corrected chi connectivity index (χ2v) is 7.06. The van der Waals surface area contributed by atoms with Gasteiger partial charge in [0.2, 0.25) is 0 Å². The van der Waals surface area contributed by atoms with Crippen LogP contribution in [0.3, 0.4) is 0 Å². The minimum absolute atomic E-state index is 0.0870. The topological polar surface area (TPSA) is 91.4 Å². The smallest absolute Gasteiger partial charge is 0.268 e. The number of carbonyl (C=O) groups excluding carboxylic acids is 2. The average Bonchev–Trinajstić information content (AvgIpc) is 2.53. The Morgan fingerprint density at radius 3 is 2.36 bits per heavy atom. The van der Waals surface area contributed by atoms with Crippen LogP contribution in [0, 0.1) is 5.41 Å². The number of rotatable bonds is 3. The summed E-state index contributed by atoms with van der Waals surface area (Å²) < 4.78 is 6.57. The lowest BCUT2D eigenvalue weighted by molar-refractivity contribution is 0.0909. The monoisotopic (exact) mass is 340 g/mol. The van der Waals surface area contributed by atoms with Gasteiger partial charge in [-0.25, -0.2) is 0 Å². The van der Waals surface area contributed by atoms with E-state index in [1.165, 1.54) is 10.6 Å². The number of nitrogens with two attached hydrogens (primary N) is 1. The Morgan fingerprint density at radius 2 is 1.80 bits per heavy atom. The van der Waals surface area contributed by atoms with Crippen LogP contribution in [0.5, 0.6) is 5.75 Å². The lowest BCUT2D eigenvalue weighted by atomic mass is 9.75. The number of methoxy groups -OCH3 is 1. The number of carbonyl (C=O) groups is 2. The Labute approximate surface area is 145 Å². The Morgan fingerprint density at radius 1 is 1.16 bits per heavy atom. The minimum atomic E-state index is -0.840. The fraction of sp³-hybridized carbons (Fsp3) is 0.316. The first kappa shape index (κ1) is 17.0. The summed E-state index contributed by atoms with van der Waals surface area (Å²) in [7, 11) is 1.55. The lowest BCUT2D eigenvalue weighted by Gasteiger charge is -2.32. The van der Waals surface area contributed by atoms with Crippen molar-refractivity contribution < 1.29 is 14.3 Å². The average molecular weight is 340 g/mol. The minimum Gasteiger partial charge on any atom is -0.497 e. The molecule has 25 heavy (non-hydrogen) atoms. The summed E-state index contributed by atoms with van der Waals surface area (Å²) in [4.78, 5) is 37.2. The highest BCUT2D eigenvalue weighted by Gasteiger charge is 2.34. The first-order chi connectivity index (χ1) is 11.7. The zero-order valence-electron chi connectivity index (χ0n) is 14.5. The molecule has 1 aromatic carbocycles. The Bertz CT molecular complexity index is 924. The van der Waals surface area contributed by atoms with Crippen LogP contribution in [0.1, 0.15) is 46.7 Å². The number of pyridine rings is 1. The van der Waals surface area contributed by atoms with Crippen molar-refractivity contribution in [3.8, 4) is 11.4 Å². The molecule has 2 aromatic rings. The van der Waals surface area contributed by atoms with Gasteiger partial charge in [-0.1, -0.05) is 13.8 Å². The summed E-state index contributed by atoms with van der Waals surface area (Å²) in [5.41, 5.74) is 5.97. The van der Waals surface area contributed by atoms with Crippen LogP contribution in [-0.4, -0.2) is 23.4 Å². The third-order valence-electron chi connectivity index (χ3n) is 4.48. The molecule has 0 saturated carbocycles. The number of aromatic nitrogens is 1. The van der Waals surface area contributed by atoms with E-state index < -0.39 is 11.5 Å². The van der Waals surface area contributed by atoms with E-state index in [2.05, 4.69) is 0 Å². The molecule has 0 unspecified atom stereocenters. The molecule has 1 heterocycles. The molecule has 130 valence electrons.